The molecule has 0 aliphatic carbocycles. The number of aryl methyl sites for hydroxylation is 1. The summed E-state index contributed by atoms with van der Waals surface area (Å²) in [6.45, 7) is 3.96. The fourth-order valence-electron chi connectivity index (χ4n) is 3.78. The number of H-pyrrole nitrogens is 1. The number of pyridine rings is 1. The molecule has 4 rings (SSSR count). The Labute approximate surface area is 184 Å². The number of amides is 2. The van der Waals surface area contributed by atoms with Crippen LogP contribution in [0.15, 0.2) is 53.3 Å². The van der Waals surface area contributed by atoms with Crippen LogP contribution >= 0.6 is 0 Å². The standard InChI is InChI=1S/C24H25N3O5/c1-14-10-17-11-18(32-22(17)19-8-9-20(28)27-21(14)19)12-25-23(29)15(2)26-24(30)31-13-16-6-4-3-5-7-16/h3-10,15,18H,11-13H2,1-2H3,(H,25,29)(H,26,30)(H,27,28)/t15-,18?/m0/s1. The topological polar surface area (TPSA) is 110 Å². The summed E-state index contributed by atoms with van der Waals surface area (Å²) >= 11 is 0. The van der Waals surface area contributed by atoms with E-state index in [-0.39, 0.29) is 24.2 Å². The number of nitrogens with one attached hydrogen (secondary N) is 3. The van der Waals surface area contributed by atoms with Crippen LogP contribution in [0.1, 0.15) is 23.6 Å². The number of ether oxygens (including phenoxy) is 2. The minimum atomic E-state index is -0.754. The highest BCUT2D eigenvalue weighted by Crippen LogP contribution is 2.36. The third kappa shape index (κ3) is 4.74. The number of carbonyl (C=O) groups excluding carboxylic acids is 2. The normalized spacial score (nSPS) is 15.5. The van der Waals surface area contributed by atoms with Gasteiger partial charge in [0.1, 0.15) is 24.5 Å². The number of hydrogen-bond donors (Lipinski definition) is 3. The molecular formula is C24H25N3O5. The van der Waals surface area contributed by atoms with Gasteiger partial charge in [-0.15, -0.1) is 0 Å². The number of rotatable bonds is 6. The van der Waals surface area contributed by atoms with E-state index in [2.05, 4.69) is 15.6 Å². The van der Waals surface area contributed by atoms with Crippen molar-refractivity contribution in [1.82, 2.24) is 15.6 Å². The van der Waals surface area contributed by atoms with Crippen molar-refractivity contribution in [2.75, 3.05) is 6.54 Å². The first-order valence-corrected chi connectivity index (χ1v) is 10.5. The van der Waals surface area contributed by atoms with Crippen molar-refractivity contribution >= 4 is 22.9 Å². The maximum Gasteiger partial charge on any atom is 0.408 e. The Kier molecular flexibility index (Phi) is 6.11. The molecule has 1 aliphatic rings. The van der Waals surface area contributed by atoms with Crippen LogP contribution in [0.5, 0.6) is 5.75 Å². The lowest BCUT2D eigenvalue weighted by Gasteiger charge is -2.16. The van der Waals surface area contributed by atoms with Crippen molar-refractivity contribution < 1.29 is 19.1 Å². The predicted molar refractivity (Wildman–Crippen MR) is 120 cm³/mol. The summed E-state index contributed by atoms with van der Waals surface area (Å²) < 4.78 is 11.2. The van der Waals surface area contributed by atoms with Gasteiger partial charge in [-0.25, -0.2) is 4.79 Å². The molecule has 8 nitrogen and oxygen atoms in total. The van der Waals surface area contributed by atoms with Gasteiger partial charge in [-0.3, -0.25) is 9.59 Å². The molecule has 32 heavy (non-hydrogen) atoms. The molecule has 2 aromatic carbocycles. The SMILES string of the molecule is Cc1cc2c(c3ccc(=O)[nH]c13)OC(CNC(=O)[C@H](C)NC(=O)OCc1ccccc1)C2. The van der Waals surface area contributed by atoms with Crippen LogP contribution in [0.2, 0.25) is 0 Å². The summed E-state index contributed by atoms with van der Waals surface area (Å²) in [6, 6.07) is 13.8. The number of aromatic nitrogens is 1. The number of benzene rings is 2. The van der Waals surface area contributed by atoms with Gasteiger partial charge in [0.05, 0.1) is 12.1 Å². The Morgan fingerprint density at radius 1 is 1.22 bits per heavy atom. The van der Waals surface area contributed by atoms with E-state index in [0.717, 1.165) is 33.3 Å². The van der Waals surface area contributed by atoms with E-state index in [0.29, 0.717) is 13.0 Å². The van der Waals surface area contributed by atoms with Crippen LogP contribution < -0.4 is 20.9 Å². The maximum atomic E-state index is 12.4. The van der Waals surface area contributed by atoms with Crippen LogP contribution in [-0.4, -0.2) is 35.7 Å². The molecule has 2 amide bonds. The van der Waals surface area contributed by atoms with Gasteiger partial charge < -0.3 is 25.1 Å². The lowest BCUT2D eigenvalue weighted by Crippen LogP contribution is -2.47. The van der Waals surface area contributed by atoms with Gasteiger partial charge in [0.2, 0.25) is 11.5 Å². The Balaban J connectivity index is 1.28. The first kappa shape index (κ1) is 21.4. The van der Waals surface area contributed by atoms with Crippen molar-refractivity contribution in [1.29, 1.82) is 0 Å². The zero-order valence-corrected chi connectivity index (χ0v) is 17.9. The predicted octanol–water partition coefficient (Wildman–Crippen LogP) is 2.57. The largest absolute Gasteiger partial charge is 0.487 e. The molecule has 0 fully saturated rings. The number of aromatic amines is 1. The molecule has 1 aromatic heterocycles. The second kappa shape index (κ2) is 9.13. The highest BCUT2D eigenvalue weighted by molar-refractivity contribution is 5.89. The third-order valence-electron chi connectivity index (χ3n) is 5.42. The summed E-state index contributed by atoms with van der Waals surface area (Å²) in [5, 5.41) is 6.20. The fraction of sp³-hybridized carbons (Fsp3) is 0.292. The average molecular weight is 435 g/mol. The van der Waals surface area contributed by atoms with Gasteiger partial charge in [0.15, 0.2) is 0 Å². The second-order valence-electron chi connectivity index (χ2n) is 7.91. The Hall–Kier alpha value is -3.81. The lowest BCUT2D eigenvalue weighted by atomic mass is 10.0. The molecule has 1 unspecified atom stereocenters. The van der Waals surface area contributed by atoms with E-state index in [1.165, 1.54) is 6.07 Å². The zero-order chi connectivity index (χ0) is 22.7. The Bertz CT molecular complexity index is 1210. The molecule has 166 valence electrons. The molecule has 1 aliphatic heterocycles. The summed E-state index contributed by atoms with van der Waals surface area (Å²) in [6.07, 6.45) is -0.244. The van der Waals surface area contributed by atoms with E-state index < -0.39 is 12.1 Å². The van der Waals surface area contributed by atoms with Crippen molar-refractivity contribution in [3.63, 3.8) is 0 Å². The highest BCUT2D eigenvalue weighted by Gasteiger charge is 2.27. The van der Waals surface area contributed by atoms with Gasteiger partial charge >= 0.3 is 6.09 Å². The van der Waals surface area contributed by atoms with Crippen molar-refractivity contribution in [2.45, 2.75) is 39.0 Å². The quantitative estimate of drug-likeness (QED) is 0.551. The molecule has 0 saturated carbocycles. The molecule has 2 atom stereocenters. The molecule has 0 radical (unpaired) electrons. The summed E-state index contributed by atoms with van der Waals surface area (Å²) in [7, 11) is 0. The Morgan fingerprint density at radius 3 is 2.78 bits per heavy atom. The number of alkyl carbamates (subject to hydrolysis) is 1. The second-order valence-corrected chi connectivity index (χ2v) is 7.91. The minimum absolute atomic E-state index is 0.133. The number of hydrogen-bond acceptors (Lipinski definition) is 5. The van der Waals surface area contributed by atoms with Crippen LogP contribution in [0.3, 0.4) is 0 Å². The Morgan fingerprint density at radius 2 is 2.00 bits per heavy atom. The van der Waals surface area contributed by atoms with E-state index in [1.54, 1.807) is 13.0 Å². The first-order valence-electron chi connectivity index (χ1n) is 10.5. The zero-order valence-electron chi connectivity index (χ0n) is 17.9. The fourth-order valence-corrected chi connectivity index (χ4v) is 3.78. The van der Waals surface area contributed by atoms with Crippen LogP contribution in [0.4, 0.5) is 4.79 Å². The third-order valence-corrected chi connectivity index (χ3v) is 5.42. The van der Waals surface area contributed by atoms with Gasteiger partial charge in [-0.1, -0.05) is 36.4 Å². The van der Waals surface area contributed by atoms with Crippen LogP contribution in [0, 0.1) is 6.92 Å². The molecule has 8 heteroatoms. The first-order chi connectivity index (χ1) is 15.4. The van der Waals surface area contributed by atoms with E-state index in [9.17, 15) is 14.4 Å². The molecule has 3 N–H and O–H groups in total. The highest BCUT2D eigenvalue weighted by atomic mass is 16.5. The van der Waals surface area contributed by atoms with Crippen LogP contribution in [-0.2, 0) is 22.6 Å². The lowest BCUT2D eigenvalue weighted by molar-refractivity contribution is -0.123. The molecule has 2 heterocycles. The molecular weight excluding hydrogens is 410 g/mol. The van der Waals surface area contributed by atoms with E-state index in [1.807, 2.05) is 43.3 Å². The average Bonchev–Trinajstić information content (AvgIpc) is 3.19. The minimum Gasteiger partial charge on any atom is -0.487 e. The summed E-state index contributed by atoms with van der Waals surface area (Å²) in [4.78, 5) is 38.9. The molecule has 0 saturated heterocycles. The number of fused-ring (bicyclic) bond motifs is 3. The number of carbonyl (C=O) groups is 2. The van der Waals surface area contributed by atoms with Gasteiger partial charge in [-0.2, -0.15) is 0 Å². The van der Waals surface area contributed by atoms with Gasteiger partial charge in [0.25, 0.3) is 0 Å². The maximum absolute atomic E-state index is 12.4. The van der Waals surface area contributed by atoms with Crippen molar-refractivity contribution in [3.8, 4) is 5.75 Å². The molecule has 0 spiro atoms. The molecule has 3 aromatic rings. The summed E-state index contributed by atoms with van der Waals surface area (Å²) in [5.41, 5.74) is 3.47. The van der Waals surface area contributed by atoms with Gasteiger partial charge in [0, 0.05) is 17.9 Å². The summed E-state index contributed by atoms with van der Waals surface area (Å²) in [5.74, 6) is 0.406. The monoisotopic (exact) mass is 435 g/mol. The van der Waals surface area contributed by atoms with Gasteiger partial charge in [-0.05, 0) is 36.6 Å². The van der Waals surface area contributed by atoms with Crippen molar-refractivity contribution in [3.05, 3.63) is 75.6 Å². The van der Waals surface area contributed by atoms with E-state index in [4.69, 9.17) is 9.47 Å². The smallest absolute Gasteiger partial charge is 0.408 e. The van der Waals surface area contributed by atoms with Crippen molar-refractivity contribution in [2.24, 2.45) is 0 Å². The molecule has 0 bridgehead atoms. The van der Waals surface area contributed by atoms with Crippen LogP contribution in [0.25, 0.3) is 10.9 Å². The van der Waals surface area contributed by atoms with E-state index >= 15 is 0 Å².